The van der Waals surface area contributed by atoms with Gasteiger partial charge in [0.25, 0.3) is 0 Å². The van der Waals surface area contributed by atoms with E-state index >= 15 is 0 Å². The van der Waals surface area contributed by atoms with Gasteiger partial charge in [-0.05, 0) is 36.4 Å². The van der Waals surface area contributed by atoms with Crippen molar-refractivity contribution in [1.82, 2.24) is 15.0 Å². The quantitative estimate of drug-likeness (QED) is 0.668. The van der Waals surface area contributed by atoms with Crippen molar-refractivity contribution < 1.29 is 4.39 Å². The fourth-order valence-corrected chi connectivity index (χ4v) is 1.99. The molecular weight excluding hydrogens is 277 g/mol. The molecule has 3 rings (SSSR count). The molecule has 98 valence electrons. The van der Waals surface area contributed by atoms with Crippen LogP contribution in [0.2, 0.25) is 5.15 Å². The number of hydrogen-bond acceptors (Lipinski definition) is 3. The van der Waals surface area contributed by atoms with Gasteiger partial charge in [0.15, 0.2) is 5.82 Å². The molecule has 0 saturated carbocycles. The second-order valence-corrected chi connectivity index (χ2v) is 4.54. The maximum atomic E-state index is 13.0. The summed E-state index contributed by atoms with van der Waals surface area (Å²) < 4.78 is 13.0. The SMILES string of the molecule is Fc1ccc(-c2nc(Cl)cc(-c3cccnc3)n2)cc1. The first kappa shape index (κ1) is 12.7. The lowest BCUT2D eigenvalue weighted by atomic mass is 10.1. The molecule has 3 aromatic rings. The van der Waals surface area contributed by atoms with Crippen LogP contribution in [0.5, 0.6) is 0 Å². The van der Waals surface area contributed by atoms with Gasteiger partial charge in [-0.15, -0.1) is 0 Å². The first-order valence-electron chi connectivity index (χ1n) is 5.93. The molecule has 0 unspecified atom stereocenters. The van der Waals surface area contributed by atoms with Crippen LogP contribution in [0.25, 0.3) is 22.6 Å². The number of hydrogen-bond donors (Lipinski definition) is 0. The maximum Gasteiger partial charge on any atom is 0.161 e. The minimum atomic E-state index is -0.303. The van der Waals surface area contributed by atoms with Gasteiger partial charge in [0.2, 0.25) is 0 Å². The highest BCUT2D eigenvalue weighted by molar-refractivity contribution is 6.29. The fraction of sp³-hybridized carbons (Fsp3) is 0. The summed E-state index contributed by atoms with van der Waals surface area (Å²) in [5, 5.41) is 0.332. The molecule has 0 radical (unpaired) electrons. The van der Waals surface area contributed by atoms with E-state index in [0.717, 1.165) is 5.56 Å². The predicted molar refractivity (Wildman–Crippen MR) is 75.7 cm³/mol. The molecular formula is C15H9ClFN3. The minimum absolute atomic E-state index is 0.303. The van der Waals surface area contributed by atoms with Crippen molar-refractivity contribution in [3.8, 4) is 22.6 Å². The lowest BCUT2D eigenvalue weighted by Crippen LogP contribution is -1.93. The van der Waals surface area contributed by atoms with E-state index in [4.69, 9.17) is 11.6 Å². The lowest BCUT2D eigenvalue weighted by molar-refractivity contribution is 0.628. The number of pyridine rings is 1. The summed E-state index contributed by atoms with van der Waals surface area (Å²) in [5.74, 6) is 0.152. The van der Waals surface area contributed by atoms with Crippen LogP contribution in [0.15, 0.2) is 54.9 Å². The second kappa shape index (κ2) is 5.35. The Hall–Kier alpha value is -2.33. The molecule has 2 aromatic heterocycles. The zero-order valence-corrected chi connectivity index (χ0v) is 11.0. The van der Waals surface area contributed by atoms with Crippen LogP contribution in [-0.4, -0.2) is 15.0 Å². The van der Waals surface area contributed by atoms with Crippen molar-refractivity contribution in [3.05, 3.63) is 65.8 Å². The van der Waals surface area contributed by atoms with Gasteiger partial charge in [-0.1, -0.05) is 11.6 Å². The summed E-state index contributed by atoms with van der Waals surface area (Å²) in [7, 11) is 0. The van der Waals surface area contributed by atoms with Crippen LogP contribution in [0.4, 0.5) is 4.39 Å². The third-order valence-electron chi connectivity index (χ3n) is 2.75. The largest absolute Gasteiger partial charge is 0.264 e. The fourth-order valence-electron chi connectivity index (χ4n) is 1.81. The molecule has 20 heavy (non-hydrogen) atoms. The standard InChI is InChI=1S/C15H9ClFN3/c16-14-8-13(11-2-1-7-18-9-11)19-15(20-14)10-3-5-12(17)6-4-10/h1-9H. The zero-order valence-electron chi connectivity index (χ0n) is 10.3. The van der Waals surface area contributed by atoms with Crippen LogP contribution < -0.4 is 0 Å². The van der Waals surface area contributed by atoms with E-state index in [-0.39, 0.29) is 5.82 Å². The molecule has 1 aromatic carbocycles. The molecule has 3 nitrogen and oxygen atoms in total. The Labute approximate surface area is 120 Å². The highest BCUT2D eigenvalue weighted by Crippen LogP contribution is 2.23. The van der Waals surface area contributed by atoms with E-state index in [2.05, 4.69) is 15.0 Å². The Morgan fingerprint density at radius 2 is 1.75 bits per heavy atom. The van der Waals surface area contributed by atoms with Gasteiger partial charge in [-0.2, -0.15) is 0 Å². The van der Waals surface area contributed by atoms with E-state index in [0.29, 0.717) is 22.2 Å². The highest BCUT2D eigenvalue weighted by atomic mass is 35.5. The Kier molecular flexibility index (Phi) is 3.39. The van der Waals surface area contributed by atoms with Crippen molar-refractivity contribution >= 4 is 11.6 Å². The van der Waals surface area contributed by atoms with Gasteiger partial charge in [0, 0.05) is 29.6 Å². The lowest BCUT2D eigenvalue weighted by Gasteiger charge is -2.05. The molecule has 0 atom stereocenters. The normalized spacial score (nSPS) is 10.5. The van der Waals surface area contributed by atoms with Crippen molar-refractivity contribution in [3.63, 3.8) is 0 Å². The van der Waals surface area contributed by atoms with Gasteiger partial charge >= 0.3 is 0 Å². The van der Waals surface area contributed by atoms with Crippen LogP contribution in [0.3, 0.4) is 0 Å². The summed E-state index contributed by atoms with van der Waals surface area (Å²) in [6.45, 7) is 0. The van der Waals surface area contributed by atoms with E-state index in [9.17, 15) is 4.39 Å². The summed E-state index contributed by atoms with van der Waals surface area (Å²) in [6, 6.07) is 11.4. The van der Waals surface area contributed by atoms with Crippen LogP contribution in [0.1, 0.15) is 0 Å². The van der Waals surface area contributed by atoms with Crippen LogP contribution in [0, 0.1) is 5.82 Å². The topological polar surface area (TPSA) is 38.7 Å². The Bertz CT molecular complexity index is 730. The van der Waals surface area contributed by atoms with Crippen molar-refractivity contribution in [2.45, 2.75) is 0 Å². The van der Waals surface area contributed by atoms with E-state index in [1.165, 1.54) is 12.1 Å². The van der Waals surface area contributed by atoms with Crippen LogP contribution in [-0.2, 0) is 0 Å². The summed E-state index contributed by atoms with van der Waals surface area (Å²) in [4.78, 5) is 12.7. The van der Waals surface area contributed by atoms with Gasteiger partial charge in [-0.25, -0.2) is 14.4 Å². The molecule has 5 heteroatoms. The maximum absolute atomic E-state index is 13.0. The van der Waals surface area contributed by atoms with E-state index < -0.39 is 0 Å². The molecule has 0 aliphatic rings. The molecule has 0 N–H and O–H groups in total. The first-order valence-corrected chi connectivity index (χ1v) is 6.31. The smallest absolute Gasteiger partial charge is 0.161 e. The van der Waals surface area contributed by atoms with Crippen molar-refractivity contribution in [2.24, 2.45) is 0 Å². The van der Waals surface area contributed by atoms with Crippen molar-refractivity contribution in [2.75, 3.05) is 0 Å². The molecule has 0 aliphatic heterocycles. The van der Waals surface area contributed by atoms with Crippen LogP contribution >= 0.6 is 11.6 Å². The monoisotopic (exact) mass is 285 g/mol. The molecule has 0 saturated heterocycles. The molecule has 2 heterocycles. The third kappa shape index (κ3) is 2.65. The minimum Gasteiger partial charge on any atom is -0.264 e. The molecule has 0 bridgehead atoms. The number of aromatic nitrogens is 3. The Morgan fingerprint density at radius 1 is 0.950 bits per heavy atom. The van der Waals surface area contributed by atoms with Gasteiger partial charge in [-0.3, -0.25) is 4.98 Å². The summed E-state index contributed by atoms with van der Waals surface area (Å²) in [5.41, 5.74) is 2.23. The molecule has 0 spiro atoms. The number of halogens is 2. The average molecular weight is 286 g/mol. The number of benzene rings is 1. The number of nitrogens with zero attached hydrogens (tertiary/aromatic N) is 3. The molecule has 0 fully saturated rings. The van der Waals surface area contributed by atoms with Gasteiger partial charge < -0.3 is 0 Å². The van der Waals surface area contributed by atoms with Gasteiger partial charge in [0.05, 0.1) is 5.69 Å². The highest BCUT2D eigenvalue weighted by Gasteiger charge is 2.08. The average Bonchev–Trinajstić information content (AvgIpc) is 2.48. The zero-order chi connectivity index (χ0) is 13.9. The first-order chi connectivity index (χ1) is 9.72. The second-order valence-electron chi connectivity index (χ2n) is 4.15. The molecule has 0 aliphatic carbocycles. The summed E-state index contributed by atoms with van der Waals surface area (Å²) >= 11 is 6.04. The van der Waals surface area contributed by atoms with Gasteiger partial charge in [0.1, 0.15) is 11.0 Å². The Balaban J connectivity index is 2.09. The third-order valence-corrected chi connectivity index (χ3v) is 2.95. The predicted octanol–water partition coefficient (Wildman–Crippen LogP) is 4.00. The van der Waals surface area contributed by atoms with E-state index in [1.807, 2.05) is 12.1 Å². The molecule has 0 amide bonds. The number of rotatable bonds is 2. The van der Waals surface area contributed by atoms with E-state index in [1.54, 1.807) is 30.6 Å². The summed E-state index contributed by atoms with van der Waals surface area (Å²) in [6.07, 6.45) is 3.39. The van der Waals surface area contributed by atoms with Crippen molar-refractivity contribution in [1.29, 1.82) is 0 Å². The Morgan fingerprint density at radius 3 is 2.45 bits per heavy atom.